The molecule has 0 unspecified atom stereocenters. The molecule has 0 aliphatic rings. The third-order valence-corrected chi connectivity index (χ3v) is 4.61. The topological polar surface area (TPSA) is 178 Å². The van der Waals surface area contributed by atoms with Crippen LogP contribution in [0.15, 0.2) is 0 Å². The average Bonchev–Trinajstić information content (AvgIpc) is 2.76. The van der Waals surface area contributed by atoms with Gasteiger partial charge in [-0.25, -0.2) is 0 Å². The summed E-state index contributed by atoms with van der Waals surface area (Å²) in [5.41, 5.74) is 6.87. The number of nitrogens with zero attached hydrogens (tertiary/aromatic N) is 1. The summed E-state index contributed by atoms with van der Waals surface area (Å²) < 4.78 is 0. The molecule has 0 aromatic heterocycles. The van der Waals surface area contributed by atoms with Gasteiger partial charge in [0.15, 0.2) is 0 Å². The van der Waals surface area contributed by atoms with Crippen LogP contribution in [0.1, 0.15) is 51.4 Å². The molecule has 0 radical (unpaired) electrons. The van der Waals surface area contributed by atoms with Gasteiger partial charge in [-0.1, -0.05) is 0 Å². The van der Waals surface area contributed by atoms with E-state index in [2.05, 4.69) is 21.3 Å². The summed E-state index contributed by atoms with van der Waals surface area (Å²) in [4.78, 5) is 71.3. The Morgan fingerprint density at radius 1 is 0.618 bits per heavy atom. The summed E-state index contributed by atoms with van der Waals surface area (Å²) in [6.07, 6.45) is 2.64. The Hall–Kier alpha value is -2.33. The van der Waals surface area contributed by atoms with Crippen LogP contribution in [0.5, 0.6) is 0 Å². The maximum atomic E-state index is 12.3. The second-order valence-corrected chi connectivity index (χ2v) is 7.57. The van der Waals surface area contributed by atoms with E-state index in [-0.39, 0.29) is 95.8 Å². The third kappa shape index (κ3) is 20.3. The first kappa shape index (κ1) is 33.8. The van der Waals surface area contributed by atoms with Crippen molar-refractivity contribution in [2.75, 3.05) is 46.8 Å². The van der Waals surface area contributed by atoms with Crippen molar-refractivity contribution >= 4 is 35.3 Å². The molecule has 0 spiro atoms. The van der Waals surface area contributed by atoms with Gasteiger partial charge in [-0.05, 0) is 32.1 Å². The van der Waals surface area contributed by atoms with Crippen molar-refractivity contribution in [3.05, 3.63) is 5.73 Å². The van der Waals surface area contributed by atoms with Crippen molar-refractivity contribution in [2.24, 2.45) is 0 Å². The number of carbonyl (C=O) groups is 6. The minimum absolute atomic E-state index is 0. The second-order valence-electron chi connectivity index (χ2n) is 7.57. The van der Waals surface area contributed by atoms with Crippen LogP contribution in [0.4, 0.5) is 0 Å². The Morgan fingerprint density at radius 3 is 1.47 bits per heavy atom. The molecule has 5 amide bonds. The number of hydrogen-bond acceptors (Lipinski definition) is 7. The van der Waals surface area contributed by atoms with Crippen molar-refractivity contribution in [3.8, 4) is 0 Å². The van der Waals surface area contributed by atoms with Crippen LogP contribution in [0.2, 0.25) is 0 Å². The molecule has 0 aliphatic carbocycles. The summed E-state index contributed by atoms with van der Waals surface area (Å²) in [6.45, 7) is 0.152. The summed E-state index contributed by atoms with van der Waals surface area (Å²) in [6, 6.07) is 0. The molecule has 0 saturated heterocycles. The molecule has 13 heteroatoms. The number of rotatable bonds is 19. The van der Waals surface area contributed by atoms with Gasteiger partial charge < -0.3 is 31.8 Å². The molecular weight excluding hydrogens is 616 g/mol. The molecule has 34 heavy (non-hydrogen) atoms. The first-order valence-corrected chi connectivity index (χ1v) is 11.1. The molecule has 0 fully saturated rings. The van der Waals surface area contributed by atoms with E-state index < -0.39 is 5.91 Å². The Kier molecular flexibility index (Phi) is 21.1. The summed E-state index contributed by atoms with van der Waals surface area (Å²) in [7, 11) is 3.06. The Balaban J connectivity index is 0. The molecular formula is C21H37N6O6W-. The van der Waals surface area contributed by atoms with Crippen molar-refractivity contribution < 1.29 is 49.8 Å². The predicted octanol–water partition coefficient (Wildman–Crippen LogP) is -0.721. The second kappa shape index (κ2) is 21.2. The SMILES string of the molecule is CNC(=O)CCCNC(=O)CN(CC(=O)CCCCC([NH-])=O)CC(=O)NCCCC(=O)NC.[W]. The van der Waals surface area contributed by atoms with Crippen molar-refractivity contribution in [1.29, 1.82) is 0 Å². The van der Waals surface area contributed by atoms with Gasteiger partial charge >= 0.3 is 0 Å². The number of unbranched alkanes of at least 4 members (excludes halogenated alkanes) is 1. The van der Waals surface area contributed by atoms with Crippen LogP contribution in [-0.2, 0) is 49.8 Å². The van der Waals surface area contributed by atoms with Crippen LogP contribution >= 0.6 is 0 Å². The van der Waals surface area contributed by atoms with E-state index in [0.29, 0.717) is 38.8 Å². The standard InChI is InChI=1S/C21H38N6O6.W/c1-23-18(30)9-5-11-25-20(32)14-27(13-16(28)7-3-4-8-17(22)29)15-21(33)26-12-6-10-19(31)24-2;/h3-15H2,1-2H3,(H6,22,23,24,25,26,29,30,31,32,33);/p-1. The molecule has 12 nitrogen and oxygen atoms in total. The van der Waals surface area contributed by atoms with Gasteiger partial charge in [0, 0.05) is 73.4 Å². The van der Waals surface area contributed by atoms with Crippen LogP contribution in [0, 0.1) is 0 Å². The molecule has 0 aromatic carbocycles. The molecule has 0 heterocycles. The number of hydrogen-bond donors (Lipinski definition) is 4. The fourth-order valence-electron chi connectivity index (χ4n) is 2.83. The maximum Gasteiger partial charge on any atom is 0.234 e. The number of Topliss-reactive ketones (excluding diaryl/α,β-unsaturated/α-hetero) is 1. The Bertz CT molecular complexity index is 638. The van der Waals surface area contributed by atoms with Crippen molar-refractivity contribution in [2.45, 2.75) is 51.4 Å². The number of carbonyl (C=O) groups excluding carboxylic acids is 6. The third-order valence-electron chi connectivity index (χ3n) is 4.61. The van der Waals surface area contributed by atoms with Gasteiger partial charge in [0.25, 0.3) is 0 Å². The van der Waals surface area contributed by atoms with Gasteiger partial charge in [0.05, 0.1) is 19.6 Å². The minimum Gasteiger partial charge on any atom is -0.668 e. The molecule has 0 aromatic rings. The van der Waals surface area contributed by atoms with Gasteiger partial charge in [-0.2, -0.15) is 0 Å². The smallest absolute Gasteiger partial charge is 0.234 e. The van der Waals surface area contributed by atoms with E-state index in [4.69, 9.17) is 5.73 Å². The molecule has 0 bridgehead atoms. The molecule has 0 saturated carbocycles. The van der Waals surface area contributed by atoms with Crippen LogP contribution in [0.25, 0.3) is 5.73 Å². The van der Waals surface area contributed by atoms with Crippen LogP contribution < -0.4 is 21.3 Å². The zero-order valence-electron chi connectivity index (χ0n) is 20.0. The van der Waals surface area contributed by atoms with E-state index in [9.17, 15) is 28.8 Å². The average molecular weight is 653 g/mol. The monoisotopic (exact) mass is 653 g/mol. The van der Waals surface area contributed by atoms with Gasteiger partial charge in [0.2, 0.25) is 23.6 Å². The number of ketones is 1. The minimum atomic E-state index is -0.676. The first-order valence-electron chi connectivity index (χ1n) is 11.1. The van der Waals surface area contributed by atoms with E-state index in [1.165, 1.54) is 19.0 Å². The summed E-state index contributed by atoms with van der Waals surface area (Å²) >= 11 is 0. The number of amides is 5. The predicted molar refractivity (Wildman–Crippen MR) is 122 cm³/mol. The normalized spacial score (nSPS) is 10.1. The maximum absolute atomic E-state index is 12.3. The van der Waals surface area contributed by atoms with E-state index in [0.717, 1.165) is 0 Å². The van der Waals surface area contributed by atoms with Crippen LogP contribution in [0.3, 0.4) is 0 Å². The van der Waals surface area contributed by atoms with Crippen LogP contribution in [-0.4, -0.2) is 87.0 Å². The Morgan fingerprint density at radius 2 is 1.06 bits per heavy atom. The largest absolute Gasteiger partial charge is 0.668 e. The molecule has 0 atom stereocenters. The van der Waals surface area contributed by atoms with E-state index in [1.54, 1.807) is 0 Å². The van der Waals surface area contributed by atoms with E-state index >= 15 is 0 Å². The Labute approximate surface area is 215 Å². The quantitative estimate of drug-likeness (QED) is 0.133. The molecule has 194 valence electrons. The van der Waals surface area contributed by atoms with Gasteiger partial charge in [0.1, 0.15) is 5.78 Å². The van der Waals surface area contributed by atoms with Gasteiger partial charge in [-0.15, -0.1) is 0 Å². The first-order chi connectivity index (χ1) is 15.7. The fraction of sp³-hybridized carbons (Fsp3) is 0.714. The van der Waals surface area contributed by atoms with E-state index in [1.807, 2.05) is 0 Å². The molecule has 0 aliphatic heterocycles. The summed E-state index contributed by atoms with van der Waals surface area (Å²) in [5.74, 6) is -1.84. The molecule has 0 rings (SSSR count). The van der Waals surface area contributed by atoms with Crippen molar-refractivity contribution in [1.82, 2.24) is 26.2 Å². The van der Waals surface area contributed by atoms with Gasteiger partial charge in [-0.3, -0.25) is 28.9 Å². The van der Waals surface area contributed by atoms with Crippen molar-refractivity contribution in [3.63, 3.8) is 0 Å². The number of nitrogens with one attached hydrogen (secondary N) is 5. The molecule has 5 N–H and O–H groups in total. The fourth-order valence-corrected chi connectivity index (χ4v) is 2.83. The zero-order chi connectivity index (χ0) is 25.1. The zero-order valence-corrected chi connectivity index (χ0v) is 22.9. The summed E-state index contributed by atoms with van der Waals surface area (Å²) in [5, 5.41) is 10.3.